The number of para-hydroxylation sites is 1. The number of nitrogens with zero attached hydrogens (tertiary/aromatic N) is 3. The molecular formula is C20H16ClN3O. The van der Waals surface area contributed by atoms with Crippen LogP contribution in [0.2, 0.25) is 5.28 Å². The van der Waals surface area contributed by atoms with Crippen molar-refractivity contribution in [2.24, 2.45) is 0 Å². The van der Waals surface area contributed by atoms with Gasteiger partial charge in [-0.25, -0.2) is 4.98 Å². The van der Waals surface area contributed by atoms with Crippen molar-refractivity contribution < 1.29 is 4.74 Å². The van der Waals surface area contributed by atoms with Gasteiger partial charge in [-0.2, -0.15) is 4.98 Å². The quantitative estimate of drug-likeness (QED) is 0.476. The Kier molecular flexibility index (Phi) is 3.90. The van der Waals surface area contributed by atoms with Gasteiger partial charge in [0.05, 0.1) is 12.6 Å². The monoisotopic (exact) mass is 349 g/mol. The predicted octanol–water partition coefficient (Wildman–Crippen LogP) is 5.21. The Balaban J connectivity index is 1.87. The van der Waals surface area contributed by atoms with Crippen LogP contribution in [0.25, 0.3) is 21.7 Å². The van der Waals surface area contributed by atoms with E-state index in [0.29, 0.717) is 0 Å². The van der Waals surface area contributed by atoms with E-state index in [-0.39, 0.29) is 5.28 Å². The fourth-order valence-electron chi connectivity index (χ4n) is 3.04. The second-order valence-electron chi connectivity index (χ2n) is 5.76. The van der Waals surface area contributed by atoms with Crippen LogP contribution < -0.4 is 9.64 Å². The highest BCUT2D eigenvalue weighted by atomic mass is 35.5. The van der Waals surface area contributed by atoms with Gasteiger partial charge >= 0.3 is 0 Å². The molecule has 4 nitrogen and oxygen atoms in total. The molecule has 1 aromatic heterocycles. The summed E-state index contributed by atoms with van der Waals surface area (Å²) in [6.45, 7) is 0. The molecule has 0 unspecified atom stereocenters. The molecule has 0 fully saturated rings. The van der Waals surface area contributed by atoms with Crippen molar-refractivity contribution in [2.75, 3.05) is 19.1 Å². The predicted molar refractivity (Wildman–Crippen MR) is 103 cm³/mol. The third kappa shape index (κ3) is 2.75. The van der Waals surface area contributed by atoms with Gasteiger partial charge in [-0.1, -0.05) is 24.3 Å². The molecule has 0 spiro atoms. The van der Waals surface area contributed by atoms with Crippen molar-refractivity contribution in [3.63, 3.8) is 0 Å². The first-order chi connectivity index (χ1) is 12.2. The lowest BCUT2D eigenvalue weighted by molar-refractivity contribution is 0.420. The molecule has 0 aliphatic heterocycles. The van der Waals surface area contributed by atoms with Crippen molar-refractivity contribution in [3.05, 3.63) is 65.9 Å². The number of rotatable bonds is 3. The Labute approximate surface area is 150 Å². The van der Waals surface area contributed by atoms with Crippen LogP contribution in [0.3, 0.4) is 0 Å². The van der Waals surface area contributed by atoms with Gasteiger partial charge in [-0.3, -0.25) is 0 Å². The highest BCUT2D eigenvalue weighted by molar-refractivity contribution is 6.28. The molecule has 124 valence electrons. The van der Waals surface area contributed by atoms with Gasteiger partial charge in [0.2, 0.25) is 5.28 Å². The van der Waals surface area contributed by atoms with Gasteiger partial charge in [0.25, 0.3) is 0 Å². The SMILES string of the molecule is COc1cccc2cc(N(C)c3nc(Cl)nc4ccccc34)ccc12. The van der Waals surface area contributed by atoms with E-state index in [1.807, 2.05) is 48.3 Å². The number of benzene rings is 3. The molecule has 0 N–H and O–H groups in total. The Morgan fingerprint density at radius 1 is 0.920 bits per heavy atom. The van der Waals surface area contributed by atoms with Gasteiger partial charge < -0.3 is 9.64 Å². The summed E-state index contributed by atoms with van der Waals surface area (Å²) in [6.07, 6.45) is 0. The molecule has 4 aromatic rings. The normalized spacial score (nSPS) is 11.0. The average molecular weight is 350 g/mol. The molecule has 0 bridgehead atoms. The Bertz CT molecular complexity index is 1080. The zero-order chi connectivity index (χ0) is 17.4. The van der Waals surface area contributed by atoms with Gasteiger partial charge in [0.1, 0.15) is 11.6 Å². The summed E-state index contributed by atoms with van der Waals surface area (Å²) < 4.78 is 5.43. The molecule has 0 saturated carbocycles. The first-order valence-corrected chi connectivity index (χ1v) is 8.28. The topological polar surface area (TPSA) is 38.2 Å². The highest BCUT2D eigenvalue weighted by Gasteiger charge is 2.13. The molecule has 0 saturated heterocycles. The number of fused-ring (bicyclic) bond motifs is 2. The minimum absolute atomic E-state index is 0.239. The van der Waals surface area contributed by atoms with Crippen molar-refractivity contribution in [1.82, 2.24) is 9.97 Å². The molecule has 4 rings (SSSR count). The summed E-state index contributed by atoms with van der Waals surface area (Å²) >= 11 is 6.12. The molecule has 0 amide bonds. The van der Waals surface area contributed by atoms with Crippen molar-refractivity contribution in [3.8, 4) is 5.75 Å². The molecule has 5 heteroatoms. The largest absolute Gasteiger partial charge is 0.496 e. The van der Waals surface area contributed by atoms with E-state index in [1.165, 1.54) is 0 Å². The van der Waals surface area contributed by atoms with Gasteiger partial charge in [-0.05, 0) is 53.4 Å². The molecule has 0 radical (unpaired) electrons. The summed E-state index contributed by atoms with van der Waals surface area (Å²) in [5.41, 5.74) is 1.84. The highest BCUT2D eigenvalue weighted by Crippen LogP contribution is 2.33. The van der Waals surface area contributed by atoms with Crippen molar-refractivity contribution in [1.29, 1.82) is 0 Å². The molecule has 0 atom stereocenters. The van der Waals surface area contributed by atoms with Crippen LogP contribution >= 0.6 is 11.6 Å². The average Bonchev–Trinajstić information content (AvgIpc) is 2.65. The maximum Gasteiger partial charge on any atom is 0.224 e. The Hall–Kier alpha value is -2.85. The second kappa shape index (κ2) is 6.22. The number of methoxy groups -OCH3 is 1. The molecule has 3 aromatic carbocycles. The fourth-order valence-corrected chi connectivity index (χ4v) is 3.21. The minimum atomic E-state index is 0.239. The van der Waals surface area contributed by atoms with E-state index in [2.05, 4.69) is 34.2 Å². The van der Waals surface area contributed by atoms with E-state index >= 15 is 0 Å². The lowest BCUT2D eigenvalue weighted by Gasteiger charge is -2.21. The van der Waals surface area contributed by atoms with Crippen LogP contribution in [0.1, 0.15) is 0 Å². The standard InChI is InChI=1S/C20H16ClN3O/c1-24(19-16-7-3-4-8-17(16)22-20(21)23-19)14-10-11-15-13(12-14)6-5-9-18(15)25-2/h3-12H,1-2H3. The number of hydrogen-bond acceptors (Lipinski definition) is 4. The Morgan fingerprint density at radius 3 is 2.60 bits per heavy atom. The lowest BCUT2D eigenvalue weighted by Crippen LogP contribution is -2.12. The number of ether oxygens (including phenoxy) is 1. The first-order valence-electron chi connectivity index (χ1n) is 7.90. The second-order valence-corrected chi connectivity index (χ2v) is 6.10. The van der Waals surface area contributed by atoms with E-state index < -0.39 is 0 Å². The van der Waals surface area contributed by atoms with Crippen molar-refractivity contribution in [2.45, 2.75) is 0 Å². The van der Waals surface area contributed by atoms with Gasteiger partial charge in [0, 0.05) is 23.5 Å². The van der Waals surface area contributed by atoms with Gasteiger partial charge in [0.15, 0.2) is 0 Å². The summed E-state index contributed by atoms with van der Waals surface area (Å²) in [5, 5.41) is 3.38. The number of halogens is 1. The summed E-state index contributed by atoms with van der Waals surface area (Å²) in [5.74, 6) is 1.64. The summed E-state index contributed by atoms with van der Waals surface area (Å²) in [7, 11) is 3.66. The number of anilines is 2. The molecule has 1 heterocycles. The molecular weight excluding hydrogens is 334 g/mol. The zero-order valence-corrected chi connectivity index (χ0v) is 14.7. The van der Waals surface area contributed by atoms with E-state index in [0.717, 1.165) is 38.9 Å². The van der Waals surface area contributed by atoms with Crippen LogP contribution in [-0.2, 0) is 0 Å². The first kappa shape index (κ1) is 15.7. The van der Waals surface area contributed by atoms with Crippen molar-refractivity contribution >= 4 is 44.8 Å². The maximum absolute atomic E-state index is 6.12. The van der Waals surface area contributed by atoms with Gasteiger partial charge in [-0.15, -0.1) is 0 Å². The van der Waals surface area contributed by atoms with Crippen LogP contribution in [0, 0.1) is 0 Å². The molecule has 0 aliphatic rings. The van der Waals surface area contributed by atoms with E-state index in [4.69, 9.17) is 16.3 Å². The third-order valence-electron chi connectivity index (χ3n) is 4.30. The molecule has 25 heavy (non-hydrogen) atoms. The van der Waals surface area contributed by atoms with Crippen LogP contribution in [-0.4, -0.2) is 24.1 Å². The van der Waals surface area contributed by atoms with Crippen LogP contribution in [0.15, 0.2) is 60.7 Å². The van der Waals surface area contributed by atoms with E-state index in [9.17, 15) is 0 Å². The van der Waals surface area contributed by atoms with Crippen LogP contribution in [0.5, 0.6) is 5.75 Å². The zero-order valence-electron chi connectivity index (χ0n) is 13.9. The number of aromatic nitrogens is 2. The smallest absolute Gasteiger partial charge is 0.224 e. The Morgan fingerprint density at radius 2 is 1.76 bits per heavy atom. The fraction of sp³-hybridized carbons (Fsp3) is 0.100. The van der Waals surface area contributed by atoms with Crippen LogP contribution in [0.4, 0.5) is 11.5 Å². The maximum atomic E-state index is 6.12. The lowest BCUT2D eigenvalue weighted by atomic mass is 10.1. The summed E-state index contributed by atoms with van der Waals surface area (Å²) in [4.78, 5) is 10.8. The summed E-state index contributed by atoms with van der Waals surface area (Å²) in [6, 6.07) is 20.1. The minimum Gasteiger partial charge on any atom is -0.496 e. The number of hydrogen-bond donors (Lipinski definition) is 0. The van der Waals surface area contributed by atoms with E-state index in [1.54, 1.807) is 7.11 Å². The molecule has 0 aliphatic carbocycles. The third-order valence-corrected chi connectivity index (χ3v) is 4.47.